The Kier molecular flexibility index (Phi) is 9.00. The maximum atomic E-state index is 13.6. The second-order valence-electron chi connectivity index (χ2n) is 11.8. The molecule has 5 rings (SSSR count). The number of carbonyl (C=O) groups is 4. The van der Waals surface area contributed by atoms with E-state index in [-0.39, 0.29) is 48.3 Å². The van der Waals surface area contributed by atoms with Crippen LogP contribution in [0.1, 0.15) is 36.2 Å². The van der Waals surface area contributed by atoms with Crippen LogP contribution in [0.3, 0.4) is 0 Å². The lowest BCUT2D eigenvalue weighted by Crippen LogP contribution is -2.63. The minimum absolute atomic E-state index is 0.0252. The third-order valence-electron chi connectivity index (χ3n) is 8.61. The number of ether oxygens (including phenoxy) is 1. The van der Waals surface area contributed by atoms with E-state index < -0.39 is 63.6 Å². The maximum absolute atomic E-state index is 13.6. The third-order valence-corrected chi connectivity index (χ3v) is 10.1. The fourth-order valence-corrected chi connectivity index (χ4v) is 7.80. The molecule has 2 aromatic carbocycles. The van der Waals surface area contributed by atoms with E-state index in [9.17, 15) is 44.6 Å². The van der Waals surface area contributed by atoms with E-state index in [2.05, 4.69) is 0 Å². The van der Waals surface area contributed by atoms with Gasteiger partial charge in [0.05, 0.1) is 28.6 Å². The quantitative estimate of drug-likeness (QED) is 0.118. The first-order chi connectivity index (χ1) is 21.7. The molecule has 6 atom stereocenters. The monoisotopic (exact) mass is 654 g/mol. The summed E-state index contributed by atoms with van der Waals surface area (Å²) in [5, 5.41) is 41.3. The number of phenols is 2. The number of thioether (sulfide) groups is 1. The van der Waals surface area contributed by atoms with Crippen molar-refractivity contribution < 1.29 is 44.2 Å². The molecule has 46 heavy (non-hydrogen) atoms. The van der Waals surface area contributed by atoms with Crippen LogP contribution in [0, 0.1) is 22.0 Å². The number of aliphatic hydroxyl groups is 1. The number of fused-ring (bicyclic) bond motifs is 1. The van der Waals surface area contributed by atoms with Gasteiger partial charge < -0.3 is 34.8 Å². The summed E-state index contributed by atoms with van der Waals surface area (Å²) in [7, 11) is 3.12. The van der Waals surface area contributed by atoms with E-state index in [1.165, 1.54) is 75.8 Å². The number of non-ortho nitro benzene ring substituents is 1. The molecule has 0 spiro atoms. The Morgan fingerprint density at radius 2 is 1.83 bits per heavy atom. The molecule has 0 saturated carbocycles. The Labute approximate surface area is 268 Å². The molecular weight excluding hydrogens is 620 g/mol. The number of nitro groups is 1. The lowest BCUT2D eigenvalue weighted by molar-refractivity contribution is -0.384. The molecule has 0 radical (unpaired) electrons. The van der Waals surface area contributed by atoms with Crippen molar-refractivity contribution in [2.75, 3.05) is 20.6 Å². The number of aromatic hydroxyl groups is 2. The van der Waals surface area contributed by atoms with Gasteiger partial charge in [0.2, 0.25) is 11.8 Å². The minimum Gasteiger partial charge on any atom is -0.504 e. The number of nitro benzene ring substituents is 1. The third kappa shape index (κ3) is 5.75. The van der Waals surface area contributed by atoms with Gasteiger partial charge in [-0.1, -0.05) is 13.0 Å². The number of esters is 1. The van der Waals surface area contributed by atoms with Crippen molar-refractivity contribution in [3.8, 4) is 11.5 Å². The predicted molar refractivity (Wildman–Crippen MR) is 164 cm³/mol. The van der Waals surface area contributed by atoms with E-state index in [4.69, 9.17) is 4.74 Å². The predicted octanol–water partition coefficient (Wildman–Crippen LogP) is 2.22. The van der Waals surface area contributed by atoms with Crippen LogP contribution < -0.4 is 0 Å². The average Bonchev–Trinajstić information content (AvgIpc) is 3.53. The lowest BCUT2D eigenvalue weighted by atomic mass is 9.79. The second kappa shape index (κ2) is 12.6. The lowest BCUT2D eigenvalue weighted by Gasteiger charge is -2.46. The van der Waals surface area contributed by atoms with Gasteiger partial charge in [-0.3, -0.25) is 24.5 Å². The van der Waals surface area contributed by atoms with Crippen molar-refractivity contribution >= 4 is 41.1 Å². The molecule has 3 aliphatic rings. The molecule has 3 N–H and O–H groups in total. The normalized spacial score (nSPS) is 24.4. The van der Waals surface area contributed by atoms with Crippen molar-refractivity contribution in [3.05, 3.63) is 74.3 Å². The zero-order valence-corrected chi connectivity index (χ0v) is 26.3. The number of rotatable bonds is 9. The van der Waals surface area contributed by atoms with Crippen LogP contribution in [-0.4, -0.2) is 103 Å². The number of para-hydroxylation sites is 1. The number of likely N-dealkylation sites (tertiary alicyclic amines) is 1. The molecule has 3 aliphatic heterocycles. The van der Waals surface area contributed by atoms with Crippen LogP contribution in [0.2, 0.25) is 0 Å². The first kappa shape index (κ1) is 32.8. The fraction of sp³-hybridized carbons (Fsp3) is 0.419. The average molecular weight is 655 g/mol. The number of aliphatic hydroxyl groups excluding tert-OH is 1. The van der Waals surface area contributed by atoms with Gasteiger partial charge in [-0.25, -0.2) is 4.79 Å². The fourth-order valence-electron chi connectivity index (χ4n) is 6.28. The molecule has 0 bridgehead atoms. The smallest absolute Gasteiger partial charge is 0.356 e. The first-order valence-electron chi connectivity index (χ1n) is 14.6. The van der Waals surface area contributed by atoms with E-state index in [0.29, 0.717) is 10.5 Å². The second-order valence-corrected chi connectivity index (χ2v) is 13.2. The number of amides is 3. The molecule has 0 aliphatic carbocycles. The van der Waals surface area contributed by atoms with Gasteiger partial charge in [0.1, 0.15) is 18.3 Å². The highest BCUT2D eigenvalue weighted by atomic mass is 32.2. The molecule has 3 heterocycles. The van der Waals surface area contributed by atoms with Crippen LogP contribution in [0.25, 0.3) is 0 Å². The van der Waals surface area contributed by atoms with Gasteiger partial charge in [-0.2, -0.15) is 0 Å². The highest BCUT2D eigenvalue weighted by molar-refractivity contribution is 8.03. The summed E-state index contributed by atoms with van der Waals surface area (Å²) in [6.07, 6.45) is -0.762. The molecule has 14 nitrogen and oxygen atoms in total. The Morgan fingerprint density at radius 1 is 1.15 bits per heavy atom. The highest BCUT2D eigenvalue weighted by Gasteiger charge is 2.60. The zero-order chi connectivity index (χ0) is 33.6. The Morgan fingerprint density at radius 3 is 2.43 bits per heavy atom. The highest BCUT2D eigenvalue weighted by Crippen LogP contribution is 2.52. The zero-order valence-electron chi connectivity index (χ0n) is 25.5. The Bertz CT molecular complexity index is 1630. The summed E-state index contributed by atoms with van der Waals surface area (Å²) in [4.78, 5) is 68.6. The summed E-state index contributed by atoms with van der Waals surface area (Å²) in [6.45, 7) is 3.20. The molecule has 2 aromatic rings. The number of hydrogen-bond acceptors (Lipinski definition) is 11. The molecule has 3 amide bonds. The summed E-state index contributed by atoms with van der Waals surface area (Å²) in [6, 6.07) is 8.10. The molecule has 244 valence electrons. The van der Waals surface area contributed by atoms with Gasteiger partial charge >= 0.3 is 5.97 Å². The summed E-state index contributed by atoms with van der Waals surface area (Å²) in [5.41, 5.74) is 0.241. The van der Waals surface area contributed by atoms with E-state index >= 15 is 0 Å². The first-order valence-corrected chi connectivity index (χ1v) is 15.5. The number of benzene rings is 2. The SMILES string of the molecule is CC(O)[C@H]1C(=O)N2C(C(=O)OCc3ccc([N+](=O)[O-])cc3)=C(S[C@H]3C[C@@H](C(=O)N(C)C)N(C(=O)c4cccc(O)c4O)C3)[C@H](C)[C@H]12. The van der Waals surface area contributed by atoms with Crippen LogP contribution in [0.15, 0.2) is 53.1 Å². The van der Waals surface area contributed by atoms with E-state index in [1.807, 2.05) is 6.92 Å². The van der Waals surface area contributed by atoms with Crippen LogP contribution in [-0.2, 0) is 25.7 Å². The van der Waals surface area contributed by atoms with Gasteiger partial charge in [0, 0.05) is 48.8 Å². The van der Waals surface area contributed by atoms with Gasteiger partial charge in [0.25, 0.3) is 11.6 Å². The number of phenolic OH excluding ortho intramolecular Hbond substituents is 2. The molecule has 1 unspecified atom stereocenters. The van der Waals surface area contributed by atoms with E-state index in [0.717, 1.165) is 0 Å². The van der Waals surface area contributed by atoms with Gasteiger partial charge in [0.15, 0.2) is 11.5 Å². The molecule has 15 heteroatoms. The topological polar surface area (TPSA) is 191 Å². The van der Waals surface area contributed by atoms with Crippen molar-refractivity contribution in [3.63, 3.8) is 0 Å². The van der Waals surface area contributed by atoms with Crippen molar-refractivity contribution in [1.29, 1.82) is 0 Å². The number of nitrogens with zero attached hydrogens (tertiary/aromatic N) is 4. The van der Waals surface area contributed by atoms with Crippen LogP contribution in [0.4, 0.5) is 5.69 Å². The van der Waals surface area contributed by atoms with Crippen molar-refractivity contribution in [2.45, 2.75) is 50.3 Å². The Balaban J connectivity index is 1.43. The molecule has 2 fully saturated rings. The van der Waals surface area contributed by atoms with Gasteiger partial charge in [-0.05, 0) is 43.2 Å². The van der Waals surface area contributed by atoms with Crippen LogP contribution in [0.5, 0.6) is 11.5 Å². The standard InChI is InChI=1S/C31H34N4O10S/c1-15-24-23(16(2)36)30(41)34(24)25(31(42)45-14-17-8-10-18(11-9-17)35(43)44)27(15)46-19-12-21(29(40)32(3)4)33(13-19)28(39)20-6-5-7-22(37)26(20)38/h5-11,15-16,19,21,23-24,36-38H,12-14H2,1-4H3/t15-,16?,19+,21+,23-,24-/m1/s1. The number of hydrogen-bond donors (Lipinski definition) is 3. The van der Waals surface area contributed by atoms with E-state index in [1.54, 1.807) is 14.1 Å². The van der Waals surface area contributed by atoms with Crippen molar-refractivity contribution in [2.24, 2.45) is 11.8 Å². The minimum atomic E-state index is -0.963. The largest absolute Gasteiger partial charge is 0.504 e. The van der Waals surface area contributed by atoms with Crippen LogP contribution >= 0.6 is 11.8 Å². The summed E-state index contributed by atoms with van der Waals surface area (Å²) in [5.74, 6) is -4.40. The summed E-state index contributed by atoms with van der Waals surface area (Å²) < 4.78 is 5.57. The molecule has 0 aromatic heterocycles. The maximum Gasteiger partial charge on any atom is 0.356 e. The van der Waals surface area contributed by atoms with Gasteiger partial charge in [-0.15, -0.1) is 11.8 Å². The molecular formula is C31H34N4O10S. The number of likely N-dealkylation sites (N-methyl/N-ethyl adjacent to an activating group) is 1. The number of β-lactam (4-membered cyclic amide) rings is 1. The Hall–Kier alpha value is -4.63. The molecule has 2 saturated heterocycles. The summed E-state index contributed by atoms with van der Waals surface area (Å²) >= 11 is 1.26. The number of carbonyl (C=O) groups excluding carboxylic acids is 4. The van der Waals surface area contributed by atoms with Crippen molar-refractivity contribution in [1.82, 2.24) is 14.7 Å².